The van der Waals surface area contributed by atoms with Crippen molar-refractivity contribution in [3.05, 3.63) is 154 Å². The van der Waals surface area contributed by atoms with E-state index >= 15 is 13.2 Å². The number of carbonyl (C=O) groups is 3. The molecule has 0 spiro atoms. The van der Waals surface area contributed by atoms with Gasteiger partial charge in [0.05, 0.1) is 16.3 Å². The molecular weight excluding hydrogens is 860 g/mol. The van der Waals surface area contributed by atoms with Crippen LogP contribution in [0.25, 0.3) is 32.8 Å². The van der Waals surface area contributed by atoms with E-state index in [4.69, 9.17) is 16.3 Å². The van der Waals surface area contributed by atoms with Gasteiger partial charge < -0.3 is 19.9 Å². The molecule has 2 amide bonds. The lowest BCUT2D eigenvalue weighted by molar-refractivity contribution is -0.121. The van der Waals surface area contributed by atoms with E-state index in [1.54, 1.807) is 59.5 Å². The molecule has 0 saturated carbocycles. The minimum absolute atomic E-state index is 0.0160. The third-order valence-corrected chi connectivity index (χ3v) is 15.1. The Hall–Kier alpha value is -6.51. The number of sulfonamides is 1. The average Bonchev–Trinajstić information content (AvgIpc) is 3.84. The van der Waals surface area contributed by atoms with Crippen molar-refractivity contribution in [1.82, 2.24) is 14.8 Å². The largest absolute Gasteiger partial charge is 0.444 e. The van der Waals surface area contributed by atoms with Crippen molar-refractivity contribution in [2.75, 3.05) is 48.3 Å². The Labute approximate surface area is 382 Å². The number of aryl methyl sites for hydroxylation is 1. The van der Waals surface area contributed by atoms with Crippen LogP contribution < -0.4 is 14.5 Å². The van der Waals surface area contributed by atoms with Gasteiger partial charge in [0.25, 0.3) is 15.9 Å². The molecule has 1 fully saturated rings. The normalized spacial score (nSPS) is 15.8. The maximum Gasteiger partial charge on any atom is 0.414 e. The number of para-hydroxylation sites is 1. The van der Waals surface area contributed by atoms with Gasteiger partial charge in [-0.2, -0.15) is 0 Å². The summed E-state index contributed by atoms with van der Waals surface area (Å²) in [7, 11) is -0.533. The first-order valence-electron chi connectivity index (χ1n) is 21.7. The van der Waals surface area contributed by atoms with E-state index in [-0.39, 0.29) is 36.4 Å². The fourth-order valence-electron chi connectivity index (χ4n) is 9.69. The van der Waals surface area contributed by atoms with Crippen molar-refractivity contribution in [3.8, 4) is 11.1 Å². The predicted molar refractivity (Wildman–Crippen MR) is 255 cm³/mol. The van der Waals surface area contributed by atoms with Gasteiger partial charge in [-0.1, -0.05) is 72.3 Å². The van der Waals surface area contributed by atoms with Crippen LogP contribution in [0, 0.1) is 6.92 Å². The Balaban J connectivity index is 1.09. The summed E-state index contributed by atoms with van der Waals surface area (Å²) in [5.74, 6) is -0.683. The highest BCUT2D eigenvalue weighted by Crippen LogP contribution is 2.40. The number of benzene rings is 6. The van der Waals surface area contributed by atoms with Gasteiger partial charge in [0.15, 0.2) is 11.9 Å². The third kappa shape index (κ3) is 7.61. The summed E-state index contributed by atoms with van der Waals surface area (Å²) >= 11 is 6.57. The topological polar surface area (TPSA) is 135 Å². The van der Waals surface area contributed by atoms with Crippen molar-refractivity contribution >= 4 is 78.1 Å². The maximum absolute atomic E-state index is 15.7. The maximum atomic E-state index is 15.7. The van der Waals surface area contributed by atoms with Crippen LogP contribution in [-0.2, 0) is 32.6 Å². The quantitative estimate of drug-likeness (QED) is 0.131. The molecule has 12 nitrogen and oxygen atoms in total. The van der Waals surface area contributed by atoms with Crippen molar-refractivity contribution in [2.24, 2.45) is 0 Å². The molecule has 6 aromatic carbocycles. The number of likely N-dealkylation sites (tertiary alicyclic amines) is 1. The van der Waals surface area contributed by atoms with E-state index in [1.165, 1.54) is 10.4 Å². The SMILES string of the molecule is Cc1cccc2c1N(C1CCN(C(C(=O)Nc3ccc4c(c3)-c3ccccc3C4=O)N(c3ccc4[nH]cc(CCN(C)C)c4c3)S(=O)(=O)c3ccc4c(Cl)cccc4c3)CC1)C(=O)OC2. The second kappa shape index (κ2) is 16.8. The molecule has 330 valence electrons. The highest BCUT2D eigenvalue weighted by Gasteiger charge is 2.44. The molecule has 14 heteroatoms. The number of hydrogen-bond acceptors (Lipinski definition) is 8. The number of rotatable bonds is 11. The molecule has 7 aromatic rings. The summed E-state index contributed by atoms with van der Waals surface area (Å²) < 4.78 is 38.3. The number of hydrogen-bond donors (Lipinski definition) is 2. The molecule has 0 radical (unpaired) electrons. The van der Waals surface area contributed by atoms with Gasteiger partial charge >= 0.3 is 6.09 Å². The second-order valence-electron chi connectivity index (χ2n) is 17.3. The molecule has 1 unspecified atom stereocenters. The van der Waals surface area contributed by atoms with Gasteiger partial charge in [-0.25, -0.2) is 17.5 Å². The number of cyclic esters (lactones) is 1. The summed E-state index contributed by atoms with van der Waals surface area (Å²) in [6.07, 6.45) is 1.67. The molecule has 3 aliphatic rings. The number of ketones is 1. The Morgan fingerprint density at radius 3 is 2.43 bits per heavy atom. The van der Waals surface area contributed by atoms with Gasteiger partial charge in [-0.05, 0) is 123 Å². The third-order valence-electron chi connectivity index (χ3n) is 13.0. The summed E-state index contributed by atoms with van der Waals surface area (Å²) in [4.78, 5) is 51.3. The first-order chi connectivity index (χ1) is 31.4. The molecule has 10 rings (SSSR count). The number of aromatic nitrogens is 1. The molecule has 2 N–H and O–H groups in total. The van der Waals surface area contributed by atoms with Crippen LogP contribution in [0.15, 0.2) is 126 Å². The Kier molecular flexibility index (Phi) is 11.0. The number of nitrogens with zero attached hydrogens (tertiary/aromatic N) is 4. The first kappa shape index (κ1) is 42.4. The zero-order valence-corrected chi connectivity index (χ0v) is 37.7. The number of halogens is 1. The van der Waals surface area contributed by atoms with Crippen LogP contribution >= 0.6 is 11.6 Å². The number of nitrogens with one attached hydrogen (secondary N) is 2. The predicted octanol–water partition coefficient (Wildman–Crippen LogP) is 9.38. The number of H-pyrrole nitrogens is 1. The first-order valence-corrected chi connectivity index (χ1v) is 23.5. The number of anilines is 3. The monoisotopic (exact) mass is 906 g/mol. The van der Waals surface area contributed by atoms with Crippen LogP contribution in [0.1, 0.15) is 45.5 Å². The average molecular weight is 907 g/mol. The van der Waals surface area contributed by atoms with E-state index in [1.807, 2.05) is 86.7 Å². The molecular formula is C51H47ClN6O6S. The van der Waals surface area contributed by atoms with Crippen molar-refractivity contribution in [2.45, 2.75) is 49.9 Å². The Bertz CT molecular complexity index is 3180. The minimum Gasteiger partial charge on any atom is -0.444 e. The van der Waals surface area contributed by atoms with Gasteiger partial charge in [0.2, 0.25) is 0 Å². The zero-order chi connectivity index (χ0) is 45.1. The lowest BCUT2D eigenvalue weighted by atomic mass is 9.98. The van der Waals surface area contributed by atoms with Gasteiger partial charge in [0, 0.05) is 75.6 Å². The number of fused-ring (bicyclic) bond motifs is 6. The van der Waals surface area contributed by atoms with Gasteiger partial charge in [-0.15, -0.1) is 0 Å². The van der Waals surface area contributed by atoms with Crippen LogP contribution in [-0.4, -0.2) is 86.9 Å². The zero-order valence-electron chi connectivity index (χ0n) is 36.2. The number of likely N-dealkylation sites (N-methyl/N-ethyl adjacent to an activating group) is 1. The van der Waals surface area contributed by atoms with E-state index < -0.39 is 28.2 Å². The van der Waals surface area contributed by atoms with E-state index in [0.29, 0.717) is 63.1 Å². The number of aromatic amines is 1. The van der Waals surface area contributed by atoms with Crippen molar-refractivity contribution in [1.29, 1.82) is 0 Å². The molecule has 0 bridgehead atoms. The lowest BCUT2D eigenvalue weighted by Gasteiger charge is -2.45. The van der Waals surface area contributed by atoms with Crippen LogP contribution in [0.5, 0.6) is 0 Å². The second-order valence-corrected chi connectivity index (χ2v) is 19.5. The number of carbonyl (C=O) groups excluding carboxylic acids is 3. The highest BCUT2D eigenvalue weighted by atomic mass is 35.5. The Morgan fingerprint density at radius 2 is 1.63 bits per heavy atom. The molecule has 2 aliphatic heterocycles. The summed E-state index contributed by atoms with van der Waals surface area (Å²) in [6.45, 7) is 3.46. The van der Waals surface area contributed by atoms with Gasteiger partial charge in [0.1, 0.15) is 6.61 Å². The van der Waals surface area contributed by atoms with Crippen molar-refractivity contribution < 1.29 is 27.5 Å². The van der Waals surface area contributed by atoms with E-state index in [0.717, 1.165) is 45.4 Å². The molecule has 65 heavy (non-hydrogen) atoms. The standard InChI is InChI=1S/C51H47ClN6O6S/c1-31-8-6-10-34-30-64-51(61)57(47(31)34)36-21-24-56(25-22-36)50(49(60)54-35-14-17-42-44(27-35)40-11-4-5-12-41(40)48(42)59)58(37-15-19-46-43(28-37)33(29-53-46)20-23-55(2)3)65(62,63)38-16-18-39-32(26-38)9-7-13-45(39)52/h4-19,26-29,36,50,53H,20-25,30H2,1-3H3,(H,54,60). The fraction of sp³-hybridized carbons (Fsp3) is 0.235. The smallest absolute Gasteiger partial charge is 0.414 e. The van der Waals surface area contributed by atoms with Crippen LogP contribution in [0.2, 0.25) is 5.02 Å². The fourth-order valence-corrected chi connectivity index (χ4v) is 11.6. The summed E-state index contributed by atoms with van der Waals surface area (Å²) in [5, 5.41) is 5.74. The molecule has 1 aliphatic carbocycles. The van der Waals surface area contributed by atoms with Crippen LogP contribution in [0.4, 0.5) is 21.9 Å². The summed E-state index contributed by atoms with van der Waals surface area (Å²) in [6, 6.07) is 33.7. The number of ether oxygens (including phenoxy) is 1. The summed E-state index contributed by atoms with van der Waals surface area (Å²) in [5.41, 5.74) is 7.82. The van der Waals surface area contributed by atoms with Gasteiger partial charge in [-0.3, -0.25) is 19.4 Å². The van der Waals surface area contributed by atoms with E-state index in [2.05, 4.69) is 15.2 Å². The molecule has 3 heterocycles. The number of piperidine rings is 1. The minimum atomic E-state index is -4.54. The molecule has 1 saturated heterocycles. The lowest BCUT2D eigenvalue weighted by Crippen LogP contribution is -2.60. The highest BCUT2D eigenvalue weighted by molar-refractivity contribution is 7.93. The Morgan fingerprint density at radius 1 is 0.862 bits per heavy atom. The number of amides is 2. The van der Waals surface area contributed by atoms with Crippen molar-refractivity contribution in [3.63, 3.8) is 0 Å². The van der Waals surface area contributed by atoms with Crippen LogP contribution in [0.3, 0.4) is 0 Å². The van der Waals surface area contributed by atoms with E-state index in [9.17, 15) is 9.59 Å². The molecule has 1 atom stereocenters. The molecule has 1 aromatic heterocycles.